The first kappa shape index (κ1) is 14.1. The molecule has 0 fully saturated rings. The molecule has 2 aromatic rings. The van der Waals surface area contributed by atoms with Crippen LogP contribution >= 0.6 is 0 Å². The molecule has 0 bridgehead atoms. The van der Waals surface area contributed by atoms with Crippen LogP contribution in [0.3, 0.4) is 0 Å². The summed E-state index contributed by atoms with van der Waals surface area (Å²) >= 11 is 0. The van der Waals surface area contributed by atoms with Crippen molar-refractivity contribution in [3.8, 4) is 0 Å². The number of nitrogens with two attached hydrogens (primary N) is 1. The second-order valence-corrected chi connectivity index (χ2v) is 4.63. The number of hydrogen-bond acceptors (Lipinski definition) is 2. The van der Waals surface area contributed by atoms with Crippen LogP contribution in [0.5, 0.6) is 0 Å². The smallest absolute Gasteiger partial charge is 0.136 e. The largest absolute Gasteiger partial charge is 0.384 e. The first-order chi connectivity index (χ1) is 9.54. The highest BCUT2D eigenvalue weighted by Crippen LogP contribution is 2.30. The van der Waals surface area contributed by atoms with E-state index in [9.17, 15) is 4.39 Å². The number of hydrogen-bond donors (Lipinski definition) is 2. The average molecular weight is 271 g/mol. The summed E-state index contributed by atoms with van der Waals surface area (Å²) in [6.07, 6.45) is 0. The molecule has 3 N–H and O–H groups in total. The van der Waals surface area contributed by atoms with Crippen molar-refractivity contribution in [2.24, 2.45) is 5.73 Å². The maximum absolute atomic E-state index is 13.9. The number of aryl methyl sites for hydroxylation is 1. The number of rotatable bonds is 4. The third-order valence-corrected chi connectivity index (χ3v) is 3.18. The summed E-state index contributed by atoms with van der Waals surface area (Å²) in [4.78, 5) is 1.95. The Morgan fingerprint density at radius 1 is 1.25 bits per heavy atom. The zero-order chi connectivity index (χ0) is 14.7. The third kappa shape index (κ3) is 2.64. The van der Waals surface area contributed by atoms with Crippen LogP contribution in [0, 0.1) is 18.2 Å². The van der Waals surface area contributed by atoms with Crippen LogP contribution in [0.1, 0.15) is 18.1 Å². The van der Waals surface area contributed by atoms with Gasteiger partial charge in [0.25, 0.3) is 0 Å². The van der Waals surface area contributed by atoms with E-state index in [-0.39, 0.29) is 11.4 Å². The van der Waals surface area contributed by atoms with Crippen molar-refractivity contribution in [3.63, 3.8) is 0 Å². The summed E-state index contributed by atoms with van der Waals surface area (Å²) in [6, 6.07) is 12.7. The van der Waals surface area contributed by atoms with Crippen LogP contribution < -0.4 is 10.6 Å². The summed E-state index contributed by atoms with van der Waals surface area (Å²) in [5.41, 5.74) is 8.38. The van der Waals surface area contributed by atoms with Crippen molar-refractivity contribution >= 4 is 17.2 Å². The van der Waals surface area contributed by atoms with E-state index in [2.05, 4.69) is 0 Å². The molecule has 0 heterocycles. The summed E-state index contributed by atoms with van der Waals surface area (Å²) in [6.45, 7) is 4.65. The fourth-order valence-corrected chi connectivity index (χ4v) is 2.29. The predicted molar refractivity (Wildman–Crippen MR) is 81.3 cm³/mol. The molecule has 0 spiro atoms. The summed E-state index contributed by atoms with van der Waals surface area (Å²) in [7, 11) is 0. The second kappa shape index (κ2) is 5.74. The van der Waals surface area contributed by atoms with E-state index in [0.29, 0.717) is 12.2 Å². The van der Waals surface area contributed by atoms with Gasteiger partial charge < -0.3 is 10.6 Å². The molecule has 0 atom stereocenters. The van der Waals surface area contributed by atoms with Crippen LogP contribution in [0.25, 0.3) is 0 Å². The molecule has 0 saturated carbocycles. The van der Waals surface area contributed by atoms with E-state index in [4.69, 9.17) is 11.1 Å². The van der Waals surface area contributed by atoms with E-state index in [1.807, 2.05) is 43.0 Å². The van der Waals surface area contributed by atoms with Crippen LogP contribution in [-0.4, -0.2) is 12.4 Å². The lowest BCUT2D eigenvalue weighted by molar-refractivity contribution is 0.624. The minimum atomic E-state index is -0.471. The van der Waals surface area contributed by atoms with Gasteiger partial charge in [-0.25, -0.2) is 4.39 Å². The number of benzene rings is 2. The highest BCUT2D eigenvalue weighted by molar-refractivity contribution is 6.01. The molecule has 2 aromatic carbocycles. The van der Waals surface area contributed by atoms with Crippen molar-refractivity contribution in [2.75, 3.05) is 11.4 Å². The van der Waals surface area contributed by atoms with Crippen LogP contribution in [0.2, 0.25) is 0 Å². The molecule has 2 rings (SSSR count). The normalized spacial score (nSPS) is 10.3. The van der Waals surface area contributed by atoms with E-state index in [0.717, 1.165) is 11.3 Å². The van der Waals surface area contributed by atoms with E-state index in [1.54, 1.807) is 12.1 Å². The SMILES string of the molecule is CCN(c1cccc(C)c1)c1cccc(F)c1C(=N)N. The lowest BCUT2D eigenvalue weighted by Gasteiger charge is -2.26. The number of anilines is 2. The lowest BCUT2D eigenvalue weighted by Crippen LogP contribution is -2.23. The Bertz CT molecular complexity index is 637. The number of halogens is 1. The van der Waals surface area contributed by atoms with Crippen molar-refractivity contribution in [3.05, 3.63) is 59.4 Å². The minimum absolute atomic E-state index is 0.149. The van der Waals surface area contributed by atoms with Gasteiger partial charge in [-0.15, -0.1) is 0 Å². The molecule has 4 heteroatoms. The molecule has 0 aliphatic heterocycles. The van der Waals surface area contributed by atoms with Crippen molar-refractivity contribution in [1.29, 1.82) is 5.41 Å². The van der Waals surface area contributed by atoms with Gasteiger partial charge in [0.1, 0.15) is 11.7 Å². The molecule has 104 valence electrons. The average Bonchev–Trinajstić information content (AvgIpc) is 2.39. The van der Waals surface area contributed by atoms with Gasteiger partial charge in [0.2, 0.25) is 0 Å². The summed E-state index contributed by atoms with van der Waals surface area (Å²) in [5, 5.41) is 7.60. The second-order valence-electron chi connectivity index (χ2n) is 4.63. The minimum Gasteiger partial charge on any atom is -0.384 e. The number of amidine groups is 1. The van der Waals surface area contributed by atoms with Gasteiger partial charge in [0.05, 0.1) is 11.3 Å². The van der Waals surface area contributed by atoms with Crippen molar-refractivity contribution in [1.82, 2.24) is 0 Å². The van der Waals surface area contributed by atoms with Gasteiger partial charge in [-0.1, -0.05) is 18.2 Å². The summed E-state index contributed by atoms with van der Waals surface area (Å²) in [5.74, 6) is -0.731. The predicted octanol–water partition coefficient (Wildman–Crippen LogP) is 3.58. The molecular formula is C16H18FN3. The molecule has 0 radical (unpaired) electrons. The Morgan fingerprint density at radius 3 is 2.55 bits per heavy atom. The highest BCUT2D eigenvalue weighted by Gasteiger charge is 2.17. The Kier molecular flexibility index (Phi) is 4.03. The molecule has 0 aliphatic rings. The Labute approximate surface area is 118 Å². The van der Waals surface area contributed by atoms with Crippen LogP contribution in [0.4, 0.5) is 15.8 Å². The van der Waals surface area contributed by atoms with E-state index >= 15 is 0 Å². The maximum Gasteiger partial charge on any atom is 0.136 e. The third-order valence-electron chi connectivity index (χ3n) is 3.18. The van der Waals surface area contributed by atoms with Gasteiger partial charge in [0, 0.05) is 12.2 Å². The van der Waals surface area contributed by atoms with Gasteiger partial charge in [0.15, 0.2) is 0 Å². The maximum atomic E-state index is 13.9. The van der Waals surface area contributed by atoms with Crippen LogP contribution in [0.15, 0.2) is 42.5 Å². The fourth-order valence-electron chi connectivity index (χ4n) is 2.29. The highest BCUT2D eigenvalue weighted by atomic mass is 19.1. The van der Waals surface area contributed by atoms with E-state index in [1.165, 1.54) is 6.07 Å². The van der Waals surface area contributed by atoms with Gasteiger partial charge in [-0.05, 0) is 43.7 Å². The summed E-state index contributed by atoms with van der Waals surface area (Å²) < 4.78 is 13.9. The topological polar surface area (TPSA) is 53.1 Å². The zero-order valence-corrected chi connectivity index (χ0v) is 11.7. The zero-order valence-electron chi connectivity index (χ0n) is 11.7. The standard InChI is InChI=1S/C16H18FN3/c1-3-20(12-7-4-6-11(2)10-12)14-9-5-8-13(17)15(14)16(18)19/h4-10H,3H2,1-2H3,(H3,18,19). The number of nitrogen functional groups attached to an aromatic ring is 1. The van der Waals surface area contributed by atoms with Gasteiger partial charge in [-0.3, -0.25) is 5.41 Å². The molecule has 0 amide bonds. The lowest BCUT2D eigenvalue weighted by atomic mass is 10.1. The molecule has 3 nitrogen and oxygen atoms in total. The fraction of sp³-hybridized carbons (Fsp3) is 0.188. The number of nitrogens with one attached hydrogen (secondary N) is 1. The molecule has 0 unspecified atom stereocenters. The Hall–Kier alpha value is -2.36. The van der Waals surface area contributed by atoms with Crippen molar-refractivity contribution in [2.45, 2.75) is 13.8 Å². The molecule has 0 saturated heterocycles. The van der Waals surface area contributed by atoms with E-state index < -0.39 is 5.82 Å². The Balaban J connectivity index is 2.58. The molecule has 0 aromatic heterocycles. The van der Waals surface area contributed by atoms with Crippen molar-refractivity contribution < 1.29 is 4.39 Å². The molecule has 20 heavy (non-hydrogen) atoms. The first-order valence-corrected chi connectivity index (χ1v) is 6.51. The monoisotopic (exact) mass is 271 g/mol. The molecular weight excluding hydrogens is 253 g/mol. The quantitative estimate of drug-likeness (QED) is 0.659. The van der Waals surface area contributed by atoms with Gasteiger partial charge >= 0.3 is 0 Å². The Morgan fingerprint density at radius 2 is 1.95 bits per heavy atom. The van der Waals surface area contributed by atoms with Gasteiger partial charge in [-0.2, -0.15) is 0 Å². The number of nitrogens with zero attached hydrogens (tertiary/aromatic N) is 1. The van der Waals surface area contributed by atoms with Crippen LogP contribution in [-0.2, 0) is 0 Å². The molecule has 0 aliphatic carbocycles. The first-order valence-electron chi connectivity index (χ1n) is 6.51.